The van der Waals surface area contributed by atoms with Crippen LogP contribution >= 0.6 is 27.5 Å². The highest BCUT2D eigenvalue weighted by Gasteiger charge is 2.15. The maximum atomic E-state index is 13.5. The third kappa shape index (κ3) is 4.28. The summed E-state index contributed by atoms with van der Waals surface area (Å²) >= 11 is 8.99. The number of benzene rings is 2. The van der Waals surface area contributed by atoms with Crippen molar-refractivity contribution in [3.63, 3.8) is 0 Å². The van der Waals surface area contributed by atoms with E-state index in [2.05, 4.69) is 26.0 Å². The molecule has 2 aromatic carbocycles. The van der Waals surface area contributed by atoms with E-state index in [0.29, 0.717) is 10.6 Å². The van der Waals surface area contributed by atoms with E-state index in [1.165, 1.54) is 18.2 Å². The van der Waals surface area contributed by atoms with Crippen LogP contribution < -0.4 is 10.1 Å². The molecule has 0 spiro atoms. The zero-order chi connectivity index (χ0) is 15.4. The summed E-state index contributed by atoms with van der Waals surface area (Å²) in [4.78, 5) is 0. The van der Waals surface area contributed by atoms with Crippen LogP contribution in [0.1, 0.15) is 5.56 Å². The predicted molar refractivity (Wildman–Crippen MR) is 79.5 cm³/mol. The maximum absolute atomic E-state index is 13.5. The van der Waals surface area contributed by atoms with E-state index in [4.69, 9.17) is 11.6 Å². The van der Waals surface area contributed by atoms with E-state index in [1.807, 2.05) is 0 Å². The Morgan fingerprint density at radius 3 is 2.62 bits per heavy atom. The highest BCUT2D eigenvalue weighted by atomic mass is 79.9. The normalized spacial score (nSPS) is 10.8. The summed E-state index contributed by atoms with van der Waals surface area (Å²) in [6, 6.07) is 9.04. The lowest BCUT2D eigenvalue weighted by Gasteiger charge is -2.15. The molecular weight excluding hydrogens is 371 g/mol. The molecule has 0 aliphatic rings. The van der Waals surface area contributed by atoms with Crippen molar-refractivity contribution in [3.05, 3.63) is 57.3 Å². The van der Waals surface area contributed by atoms with Crippen LogP contribution in [0, 0.1) is 5.82 Å². The van der Waals surface area contributed by atoms with Gasteiger partial charge in [0.05, 0.1) is 10.2 Å². The van der Waals surface area contributed by atoms with Crippen LogP contribution in [0.15, 0.2) is 40.9 Å². The molecule has 0 aliphatic heterocycles. The van der Waals surface area contributed by atoms with Gasteiger partial charge in [-0.05, 0) is 34.1 Å². The molecule has 2 aromatic rings. The van der Waals surface area contributed by atoms with Crippen molar-refractivity contribution in [2.24, 2.45) is 0 Å². The first-order valence-electron chi connectivity index (χ1n) is 5.88. The fourth-order valence-electron chi connectivity index (χ4n) is 1.73. The fraction of sp³-hybridized carbons (Fsp3) is 0.143. The lowest BCUT2D eigenvalue weighted by molar-refractivity contribution is -0.0498. The monoisotopic (exact) mass is 379 g/mol. The van der Waals surface area contributed by atoms with Crippen molar-refractivity contribution in [3.8, 4) is 5.75 Å². The van der Waals surface area contributed by atoms with Crippen molar-refractivity contribution in [1.82, 2.24) is 0 Å². The number of rotatable bonds is 5. The average molecular weight is 381 g/mol. The van der Waals surface area contributed by atoms with E-state index in [-0.39, 0.29) is 28.3 Å². The van der Waals surface area contributed by atoms with E-state index in [1.54, 1.807) is 18.2 Å². The van der Waals surface area contributed by atoms with Crippen molar-refractivity contribution in [2.75, 3.05) is 5.32 Å². The van der Waals surface area contributed by atoms with Crippen molar-refractivity contribution < 1.29 is 17.9 Å². The number of hydrogen-bond acceptors (Lipinski definition) is 2. The second-order valence-electron chi connectivity index (χ2n) is 4.09. The Bertz CT molecular complexity index is 640. The first-order valence-corrected chi connectivity index (χ1v) is 7.05. The highest BCUT2D eigenvalue weighted by Crippen LogP contribution is 2.37. The molecule has 21 heavy (non-hydrogen) atoms. The molecule has 7 heteroatoms. The molecule has 0 fully saturated rings. The first kappa shape index (κ1) is 16.0. The Kier molecular flexibility index (Phi) is 5.36. The molecule has 0 saturated carbocycles. The molecule has 0 radical (unpaired) electrons. The van der Waals surface area contributed by atoms with Gasteiger partial charge >= 0.3 is 6.61 Å². The van der Waals surface area contributed by atoms with Crippen molar-refractivity contribution in [2.45, 2.75) is 13.2 Å². The lowest BCUT2D eigenvalue weighted by atomic mass is 10.2. The summed E-state index contributed by atoms with van der Waals surface area (Å²) in [6.45, 7) is -2.87. The van der Waals surface area contributed by atoms with Gasteiger partial charge in [-0.25, -0.2) is 4.39 Å². The van der Waals surface area contributed by atoms with Crippen molar-refractivity contribution in [1.29, 1.82) is 0 Å². The molecule has 0 amide bonds. The zero-order valence-electron chi connectivity index (χ0n) is 10.5. The molecule has 2 nitrogen and oxygen atoms in total. The highest BCUT2D eigenvalue weighted by molar-refractivity contribution is 9.10. The van der Waals surface area contributed by atoms with Gasteiger partial charge in [0.2, 0.25) is 0 Å². The van der Waals surface area contributed by atoms with Crippen LogP contribution in [-0.4, -0.2) is 6.61 Å². The molecule has 112 valence electrons. The molecule has 0 unspecified atom stereocenters. The Morgan fingerprint density at radius 1 is 1.24 bits per heavy atom. The number of hydrogen-bond donors (Lipinski definition) is 1. The van der Waals surface area contributed by atoms with Gasteiger partial charge in [-0.2, -0.15) is 8.78 Å². The van der Waals surface area contributed by atoms with Gasteiger partial charge in [0.25, 0.3) is 0 Å². The Labute approximate surface area is 133 Å². The summed E-state index contributed by atoms with van der Waals surface area (Å²) in [6.07, 6.45) is 0. The molecule has 2 rings (SSSR count). The Hall–Kier alpha value is -1.40. The van der Waals surface area contributed by atoms with Crippen LogP contribution in [0.2, 0.25) is 5.02 Å². The summed E-state index contributed by atoms with van der Waals surface area (Å²) in [5, 5.41) is 3.18. The topological polar surface area (TPSA) is 21.3 Å². The number of anilines is 1. The van der Waals surface area contributed by atoms with E-state index < -0.39 is 6.61 Å². The van der Waals surface area contributed by atoms with Crippen LogP contribution in [0.5, 0.6) is 5.75 Å². The molecular formula is C14H10BrClF3NO. The molecule has 0 atom stereocenters. The summed E-state index contributed by atoms with van der Waals surface area (Å²) in [5.74, 6) is -0.465. The van der Waals surface area contributed by atoms with Crippen LogP contribution in [0.4, 0.5) is 18.9 Å². The van der Waals surface area contributed by atoms with Crippen molar-refractivity contribution >= 4 is 33.2 Å². The number of alkyl halides is 2. The standard InChI is InChI=1S/C14H10BrClF3NO/c15-10-5-9(16)6-12(13(10)21-14(18)19)20-7-8-3-1-2-4-11(8)17/h1-6,14,20H,7H2. The third-order valence-electron chi connectivity index (χ3n) is 2.64. The van der Waals surface area contributed by atoms with Gasteiger partial charge in [-0.15, -0.1) is 0 Å². The maximum Gasteiger partial charge on any atom is 0.387 e. The van der Waals surface area contributed by atoms with Crippen LogP contribution in [0.3, 0.4) is 0 Å². The number of nitrogens with one attached hydrogen (secondary N) is 1. The molecule has 0 heterocycles. The quantitative estimate of drug-likeness (QED) is 0.744. The second kappa shape index (κ2) is 7.04. The van der Waals surface area contributed by atoms with Crippen LogP contribution in [-0.2, 0) is 6.54 Å². The van der Waals surface area contributed by atoms with E-state index >= 15 is 0 Å². The smallest absolute Gasteiger partial charge is 0.387 e. The van der Waals surface area contributed by atoms with Gasteiger partial charge < -0.3 is 10.1 Å². The van der Waals surface area contributed by atoms with E-state index in [9.17, 15) is 13.2 Å². The molecule has 0 saturated heterocycles. The fourth-order valence-corrected chi connectivity index (χ4v) is 2.64. The van der Waals surface area contributed by atoms with Gasteiger partial charge in [-0.3, -0.25) is 0 Å². The minimum atomic E-state index is -2.98. The van der Waals surface area contributed by atoms with E-state index in [0.717, 1.165) is 0 Å². The van der Waals surface area contributed by atoms with Gasteiger partial charge in [0.15, 0.2) is 5.75 Å². The first-order chi connectivity index (χ1) is 9.97. The van der Waals surface area contributed by atoms with Gasteiger partial charge in [0.1, 0.15) is 5.82 Å². The number of ether oxygens (including phenoxy) is 1. The molecule has 0 aromatic heterocycles. The summed E-state index contributed by atoms with van der Waals surface area (Å²) < 4.78 is 43.2. The Morgan fingerprint density at radius 2 is 1.95 bits per heavy atom. The van der Waals surface area contributed by atoms with Gasteiger partial charge in [0, 0.05) is 17.1 Å². The zero-order valence-corrected chi connectivity index (χ0v) is 12.9. The lowest BCUT2D eigenvalue weighted by Crippen LogP contribution is -2.08. The predicted octanol–water partition coefficient (Wildman–Crippen LogP) is 5.46. The largest absolute Gasteiger partial charge is 0.431 e. The summed E-state index contributed by atoms with van der Waals surface area (Å²) in [5.41, 5.74) is 0.648. The average Bonchev–Trinajstić information content (AvgIpc) is 2.41. The van der Waals surface area contributed by atoms with Crippen LogP contribution in [0.25, 0.3) is 0 Å². The SMILES string of the molecule is Fc1ccccc1CNc1cc(Cl)cc(Br)c1OC(F)F. The molecule has 1 N–H and O–H groups in total. The minimum Gasteiger partial charge on any atom is -0.431 e. The second-order valence-corrected chi connectivity index (χ2v) is 5.38. The third-order valence-corrected chi connectivity index (χ3v) is 3.45. The Balaban J connectivity index is 2.24. The summed E-state index contributed by atoms with van der Waals surface area (Å²) in [7, 11) is 0. The van der Waals surface area contributed by atoms with Gasteiger partial charge in [-0.1, -0.05) is 29.8 Å². The molecule has 0 aliphatic carbocycles. The number of halogens is 5. The molecule has 0 bridgehead atoms. The minimum absolute atomic E-state index is 0.0780.